The lowest BCUT2D eigenvalue weighted by Gasteiger charge is -2.23. The molecular weight excluding hydrogens is 558 g/mol. The van der Waals surface area contributed by atoms with Crippen LogP contribution in [-0.4, -0.2) is 0 Å². The van der Waals surface area contributed by atoms with Crippen molar-refractivity contribution in [2.45, 2.75) is 26.3 Å². The molecule has 8 aromatic carbocycles. The second kappa shape index (κ2) is 9.78. The summed E-state index contributed by atoms with van der Waals surface area (Å²) in [6.45, 7) is 6.26. The van der Waals surface area contributed by atoms with Gasteiger partial charge in [0.15, 0.2) is 0 Å². The Hall–Kier alpha value is -5.44. The molecule has 0 radical (unpaired) electrons. The topological polar surface area (TPSA) is 39.2 Å². The molecule has 0 amide bonds. The lowest BCUT2D eigenvalue weighted by molar-refractivity contribution is 0.556. The molecule has 9 rings (SSSR count). The normalized spacial score (nSPS) is 12.3. The summed E-state index contributed by atoms with van der Waals surface area (Å²) in [4.78, 5) is 0. The molecule has 0 unspecified atom stereocenters. The van der Waals surface area contributed by atoms with Gasteiger partial charge in [-0.25, -0.2) is 0 Å². The van der Waals surface area contributed by atoms with Crippen molar-refractivity contribution >= 4 is 54.3 Å². The van der Waals surface area contributed by atoms with Crippen LogP contribution >= 0.6 is 0 Å². The lowest BCUT2D eigenvalue weighted by atomic mass is 9.83. The highest BCUT2D eigenvalue weighted by molar-refractivity contribution is 6.28. The largest absolute Gasteiger partial charge is 0.456 e. The number of furan rings is 1. The summed E-state index contributed by atoms with van der Waals surface area (Å²) < 4.78 is 6.57. The number of nitrogens with two attached hydrogens (primary N) is 1. The molecule has 220 valence electrons. The smallest absolute Gasteiger partial charge is 0.136 e. The second-order valence-electron chi connectivity index (χ2n) is 13.3. The molecule has 0 aliphatic rings. The van der Waals surface area contributed by atoms with E-state index in [1.165, 1.54) is 60.1 Å². The monoisotopic (exact) mass is 591 g/mol. The van der Waals surface area contributed by atoms with E-state index in [1.54, 1.807) is 0 Å². The number of fused-ring (bicyclic) bond motifs is 3. The minimum absolute atomic E-state index is 0.423. The van der Waals surface area contributed by atoms with E-state index < -0.39 is 5.54 Å². The van der Waals surface area contributed by atoms with Gasteiger partial charge >= 0.3 is 0 Å². The van der Waals surface area contributed by atoms with Gasteiger partial charge in [0.2, 0.25) is 0 Å². The highest BCUT2D eigenvalue weighted by Gasteiger charge is 2.21. The fourth-order valence-electron chi connectivity index (χ4n) is 7.25. The third kappa shape index (κ3) is 4.14. The van der Waals surface area contributed by atoms with Gasteiger partial charge in [-0.05, 0) is 134 Å². The van der Waals surface area contributed by atoms with Gasteiger partial charge in [0, 0.05) is 16.3 Å². The van der Waals surface area contributed by atoms with Crippen LogP contribution in [0.5, 0.6) is 0 Å². The average molecular weight is 592 g/mol. The third-order valence-electron chi connectivity index (χ3n) is 9.71. The summed E-state index contributed by atoms with van der Waals surface area (Å²) in [5.41, 5.74) is 17.5. The first-order valence-corrected chi connectivity index (χ1v) is 16.0. The molecule has 0 saturated heterocycles. The van der Waals surface area contributed by atoms with E-state index in [0.717, 1.165) is 38.6 Å². The Morgan fingerprint density at radius 1 is 0.478 bits per heavy atom. The zero-order chi connectivity index (χ0) is 31.2. The van der Waals surface area contributed by atoms with E-state index >= 15 is 0 Å². The molecule has 0 fully saturated rings. The Balaban J connectivity index is 1.29. The predicted octanol–water partition coefficient (Wildman–Crippen LogP) is 12.0. The summed E-state index contributed by atoms with van der Waals surface area (Å²) >= 11 is 0. The summed E-state index contributed by atoms with van der Waals surface area (Å²) in [5, 5.41) is 9.79. The molecule has 9 aromatic rings. The van der Waals surface area contributed by atoms with Crippen molar-refractivity contribution in [3.8, 4) is 33.4 Å². The number of aryl methyl sites for hydroxylation is 1. The van der Waals surface area contributed by atoms with Crippen LogP contribution in [0.4, 0.5) is 0 Å². The van der Waals surface area contributed by atoms with Crippen LogP contribution in [0.15, 0.2) is 138 Å². The van der Waals surface area contributed by atoms with Crippen molar-refractivity contribution in [1.82, 2.24) is 0 Å². The van der Waals surface area contributed by atoms with Crippen LogP contribution in [0.2, 0.25) is 0 Å². The maximum Gasteiger partial charge on any atom is 0.136 e. The molecule has 0 atom stereocenters. The number of rotatable bonds is 4. The van der Waals surface area contributed by atoms with Gasteiger partial charge in [0.1, 0.15) is 11.2 Å². The van der Waals surface area contributed by atoms with Gasteiger partial charge in [0.25, 0.3) is 0 Å². The first-order valence-electron chi connectivity index (χ1n) is 16.0. The molecule has 46 heavy (non-hydrogen) atoms. The Morgan fingerprint density at radius 3 is 1.65 bits per heavy atom. The van der Waals surface area contributed by atoms with Gasteiger partial charge in [0.05, 0.1) is 0 Å². The molecule has 0 bridgehead atoms. The highest BCUT2D eigenvalue weighted by Crippen LogP contribution is 2.45. The molecule has 2 heteroatoms. The van der Waals surface area contributed by atoms with Gasteiger partial charge in [-0.3, -0.25) is 0 Å². The SMILES string of the molecule is Cc1ccc(-c2ccc3c(c2)oc2cc(-c4cc(-c5ccccc5)c5ccc6cc(C(C)(C)N)cc7ccc4c5c67)ccc23)cc1. The van der Waals surface area contributed by atoms with E-state index in [4.69, 9.17) is 10.2 Å². The average Bonchev–Trinajstić information content (AvgIpc) is 3.44. The summed E-state index contributed by atoms with van der Waals surface area (Å²) in [5.74, 6) is 0. The van der Waals surface area contributed by atoms with Gasteiger partial charge in [-0.1, -0.05) is 96.6 Å². The van der Waals surface area contributed by atoms with Crippen LogP contribution in [0.3, 0.4) is 0 Å². The summed E-state index contributed by atoms with van der Waals surface area (Å²) in [7, 11) is 0. The Labute approximate surface area is 268 Å². The molecule has 2 N–H and O–H groups in total. The van der Waals surface area contributed by atoms with E-state index in [2.05, 4.69) is 154 Å². The van der Waals surface area contributed by atoms with E-state index in [9.17, 15) is 0 Å². The van der Waals surface area contributed by atoms with Crippen LogP contribution in [0, 0.1) is 6.92 Å². The molecule has 2 nitrogen and oxygen atoms in total. The van der Waals surface area contributed by atoms with Crippen molar-refractivity contribution in [3.63, 3.8) is 0 Å². The van der Waals surface area contributed by atoms with Crippen LogP contribution in [0.1, 0.15) is 25.0 Å². The second-order valence-corrected chi connectivity index (χ2v) is 13.3. The first kappa shape index (κ1) is 26.9. The predicted molar refractivity (Wildman–Crippen MR) is 196 cm³/mol. The van der Waals surface area contributed by atoms with Gasteiger partial charge in [-0.2, -0.15) is 0 Å². The number of benzene rings is 8. The van der Waals surface area contributed by atoms with E-state index in [1.807, 2.05) is 0 Å². The Kier molecular flexibility index (Phi) is 5.72. The van der Waals surface area contributed by atoms with Gasteiger partial charge < -0.3 is 10.2 Å². The van der Waals surface area contributed by atoms with Crippen molar-refractivity contribution < 1.29 is 4.42 Å². The van der Waals surface area contributed by atoms with Crippen LogP contribution in [-0.2, 0) is 5.54 Å². The maximum atomic E-state index is 6.58. The van der Waals surface area contributed by atoms with Crippen molar-refractivity contribution in [3.05, 3.63) is 145 Å². The van der Waals surface area contributed by atoms with E-state index in [0.29, 0.717) is 0 Å². The zero-order valence-corrected chi connectivity index (χ0v) is 26.2. The van der Waals surface area contributed by atoms with Crippen LogP contribution < -0.4 is 5.73 Å². The maximum absolute atomic E-state index is 6.58. The third-order valence-corrected chi connectivity index (χ3v) is 9.71. The van der Waals surface area contributed by atoms with Crippen molar-refractivity contribution in [1.29, 1.82) is 0 Å². The van der Waals surface area contributed by atoms with Crippen molar-refractivity contribution in [2.24, 2.45) is 5.73 Å². The standard InChI is InChI=1S/C44H33NO/c1-26-9-11-27(12-10-26)29-13-17-34-35-18-14-30(24-41(35)46-40(34)23-29)39-25-38(28-7-5-4-6-8-28)36-19-15-31-21-33(44(2,3)45)22-32-16-20-37(39)43(36)42(31)32/h4-25H,45H2,1-3H3. The quantitative estimate of drug-likeness (QED) is 0.207. The molecule has 0 saturated carbocycles. The minimum Gasteiger partial charge on any atom is -0.456 e. The molecule has 1 aromatic heterocycles. The number of hydrogen-bond acceptors (Lipinski definition) is 2. The Bertz CT molecular complexity index is 2580. The van der Waals surface area contributed by atoms with Crippen LogP contribution in [0.25, 0.3) is 87.6 Å². The molecule has 0 aliphatic carbocycles. The minimum atomic E-state index is -0.423. The Morgan fingerprint density at radius 2 is 1.02 bits per heavy atom. The number of hydrogen-bond donors (Lipinski definition) is 1. The fraction of sp³-hybridized carbons (Fsp3) is 0.0909. The van der Waals surface area contributed by atoms with Crippen molar-refractivity contribution in [2.75, 3.05) is 0 Å². The summed E-state index contributed by atoms with van der Waals surface area (Å²) in [6.07, 6.45) is 0. The lowest BCUT2D eigenvalue weighted by Crippen LogP contribution is -2.28. The first-order chi connectivity index (χ1) is 22.3. The highest BCUT2D eigenvalue weighted by atomic mass is 16.3. The molecular formula is C44H33NO. The molecule has 0 spiro atoms. The van der Waals surface area contributed by atoms with E-state index in [-0.39, 0.29) is 0 Å². The zero-order valence-electron chi connectivity index (χ0n) is 26.2. The fourth-order valence-corrected chi connectivity index (χ4v) is 7.25. The molecule has 1 heterocycles. The van der Waals surface area contributed by atoms with Gasteiger partial charge in [-0.15, -0.1) is 0 Å². The summed E-state index contributed by atoms with van der Waals surface area (Å²) in [6, 6.07) is 48.6. The molecule has 0 aliphatic heterocycles.